The lowest BCUT2D eigenvalue weighted by Crippen LogP contribution is -2.42. The van der Waals surface area contributed by atoms with Crippen molar-refractivity contribution in [2.75, 3.05) is 5.01 Å². The molecule has 1 aromatic rings. The van der Waals surface area contributed by atoms with E-state index < -0.39 is 6.03 Å². The summed E-state index contributed by atoms with van der Waals surface area (Å²) in [6.07, 6.45) is 3.31. The number of carbonyl (C=O) groups is 3. The fraction of sp³-hybridized carbons (Fsp3) is 0.375. The van der Waals surface area contributed by atoms with Crippen LogP contribution in [-0.4, -0.2) is 23.3 Å². The third-order valence-corrected chi connectivity index (χ3v) is 4.42. The minimum atomic E-state index is -0.709. The number of hydrazone groups is 1. The number of hydrazine groups is 1. The van der Waals surface area contributed by atoms with E-state index in [4.69, 9.17) is 5.84 Å². The number of nitrogens with zero attached hydrogens (tertiary/aromatic N) is 2. The minimum absolute atomic E-state index is 0.144. The van der Waals surface area contributed by atoms with E-state index in [0.717, 1.165) is 17.9 Å². The molecular formula is C16H18N4O3. The van der Waals surface area contributed by atoms with Crippen LogP contribution in [0, 0.1) is 11.8 Å². The number of para-hydroxylation sites is 1. The number of fused-ring (bicyclic) bond motifs is 1. The molecule has 2 aliphatic carbocycles. The molecule has 2 unspecified atom stereocenters. The van der Waals surface area contributed by atoms with Gasteiger partial charge in [0.1, 0.15) is 0 Å². The van der Waals surface area contributed by atoms with Gasteiger partial charge in [-0.1, -0.05) is 31.0 Å². The Balaban J connectivity index is 1.98. The van der Waals surface area contributed by atoms with E-state index in [-0.39, 0.29) is 29.1 Å². The summed E-state index contributed by atoms with van der Waals surface area (Å²) in [5.41, 5.74) is 2.27. The van der Waals surface area contributed by atoms with Gasteiger partial charge in [-0.2, -0.15) is 10.1 Å². The molecule has 0 saturated heterocycles. The number of carbonyl (C=O) groups excluding carboxylic acids is 3. The fourth-order valence-electron chi connectivity index (χ4n) is 3.28. The van der Waals surface area contributed by atoms with Crippen molar-refractivity contribution >= 4 is 29.0 Å². The van der Waals surface area contributed by atoms with Gasteiger partial charge in [0.05, 0.1) is 5.69 Å². The maximum Gasteiger partial charge on any atom is 0.356 e. The van der Waals surface area contributed by atoms with Gasteiger partial charge in [-0.05, 0) is 25.0 Å². The van der Waals surface area contributed by atoms with Crippen molar-refractivity contribution in [2.45, 2.75) is 25.7 Å². The third kappa shape index (κ3) is 2.75. The molecule has 2 amide bonds. The molecule has 2 fully saturated rings. The highest BCUT2D eigenvalue weighted by molar-refractivity contribution is 6.70. The van der Waals surface area contributed by atoms with Gasteiger partial charge in [0, 0.05) is 11.8 Å². The fourth-order valence-corrected chi connectivity index (χ4v) is 3.28. The molecule has 2 aliphatic rings. The van der Waals surface area contributed by atoms with Crippen LogP contribution in [0.25, 0.3) is 0 Å². The number of rotatable bonds is 2. The van der Waals surface area contributed by atoms with E-state index in [9.17, 15) is 14.4 Å². The van der Waals surface area contributed by atoms with Crippen LogP contribution in [0.3, 0.4) is 0 Å². The first-order chi connectivity index (χ1) is 11.1. The molecule has 2 atom stereocenters. The lowest BCUT2D eigenvalue weighted by Gasteiger charge is -2.20. The van der Waals surface area contributed by atoms with Crippen LogP contribution in [0.1, 0.15) is 25.7 Å². The van der Waals surface area contributed by atoms with Crippen LogP contribution in [0.4, 0.5) is 10.5 Å². The molecule has 7 heteroatoms. The van der Waals surface area contributed by atoms with Gasteiger partial charge in [0.2, 0.25) is 0 Å². The van der Waals surface area contributed by atoms with Crippen LogP contribution in [0.2, 0.25) is 0 Å². The number of amides is 2. The van der Waals surface area contributed by atoms with Crippen molar-refractivity contribution in [2.24, 2.45) is 22.8 Å². The summed E-state index contributed by atoms with van der Waals surface area (Å²) in [7, 11) is 0. The van der Waals surface area contributed by atoms with Gasteiger partial charge in [-0.25, -0.2) is 10.6 Å². The maximum absolute atomic E-state index is 12.5. The van der Waals surface area contributed by atoms with Crippen LogP contribution in [-0.2, 0) is 9.59 Å². The standard InChI is InChI=1S/C16H18N4O3/c17-18-16(23)20(10-6-2-1-3-7-10)19-13-14(21)11-8-4-5-9-12(11)15(13)22/h1-3,6-7,11-12H,4-5,8-9,17H2,(H,18,23). The Morgan fingerprint density at radius 2 is 1.65 bits per heavy atom. The highest BCUT2D eigenvalue weighted by Gasteiger charge is 2.48. The van der Waals surface area contributed by atoms with E-state index in [0.29, 0.717) is 18.5 Å². The minimum Gasteiger partial charge on any atom is -0.292 e. The Hall–Kier alpha value is -2.54. The van der Waals surface area contributed by atoms with Crippen LogP contribution in [0.15, 0.2) is 35.4 Å². The number of ketones is 2. The van der Waals surface area contributed by atoms with E-state index in [1.54, 1.807) is 30.3 Å². The molecule has 1 aromatic carbocycles. The maximum atomic E-state index is 12.5. The molecule has 2 saturated carbocycles. The topological polar surface area (TPSA) is 105 Å². The summed E-state index contributed by atoms with van der Waals surface area (Å²) in [5.74, 6) is 4.11. The number of Topliss-reactive ketones (excluding diaryl/α,β-unsaturated/α-hetero) is 2. The first-order valence-corrected chi connectivity index (χ1v) is 7.66. The quantitative estimate of drug-likeness (QED) is 0.489. The Morgan fingerprint density at radius 1 is 1.09 bits per heavy atom. The third-order valence-electron chi connectivity index (χ3n) is 4.42. The molecule has 23 heavy (non-hydrogen) atoms. The van der Waals surface area contributed by atoms with Crippen LogP contribution < -0.4 is 16.3 Å². The lowest BCUT2D eigenvalue weighted by molar-refractivity contribution is -0.120. The van der Waals surface area contributed by atoms with E-state index >= 15 is 0 Å². The van der Waals surface area contributed by atoms with Gasteiger partial charge in [0.25, 0.3) is 0 Å². The summed E-state index contributed by atoms with van der Waals surface area (Å²) in [6.45, 7) is 0. The average molecular weight is 314 g/mol. The Morgan fingerprint density at radius 3 is 2.17 bits per heavy atom. The molecule has 3 rings (SSSR count). The van der Waals surface area contributed by atoms with Gasteiger partial charge in [-0.15, -0.1) is 0 Å². The zero-order valence-corrected chi connectivity index (χ0v) is 12.6. The summed E-state index contributed by atoms with van der Waals surface area (Å²) in [6, 6.07) is 7.83. The SMILES string of the molecule is NNC(=O)N(N=C1C(=O)C2CCCCC2C1=O)c1ccccc1. The molecule has 0 heterocycles. The molecule has 0 radical (unpaired) electrons. The number of nitrogens with one attached hydrogen (secondary N) is 1. The monoisotopic (exact) mass is 314 g/mol. The zero-order chi connectivity index (χ0) is 16.4. The predicted octanol–water partition coefficient (Wildman–Crippen LogP) is 1.39. The summed E-state index contributed by atoms with van der Waals surface area (Å²) >= 11 is 0. The Labute approximate surface area is 133 Å². The number of anilines is 1. The van der Waals surface area contributed by atoms with Crippen molar-refractivity contribution in [3.8, 4) is 0 Å². The molecule has 0 aliphatic heterocycles. The smallest absolute Gasteiger partial charge is 0.292 e. The van der Waals surface area contributed by atoms with E-state index in [1.807, 2.05) is 5.43 Å². The molecule has 0 bridgehead atoms. The van der Waals surface area contributed by atoms with Gasteiger partial charge >= 0.3 is 6.03 Å². The van der Waals surface area contributed by atoms with Crippen molar-refractivity contribution in [1.82, 2.24) is 5.43 Å². The van der Waals surface area contributed by atoms with Crippen LogP contribution in [0.5, 0.6) is 0 Å². The van der Waals surface area contributed by atoms with Gasteiger partial charge in [-0.3, -0.25) is 15.0 Å². The van der Waals surface area contributed by atoms with Gasteiger partial charge in [0.15, 0.2) is 17.3 Å². The number of benzene rings is 1. The van der Waals surface area contributed by atoms with Crippen molar-refractivity contribution in [3.05, 3.63) is 30.3 Å². The van der Waals surface area contributed by atoms with Crippen molar-refractivity contribution < 1.29 is 14.4 Å². The second kappa shape index (κ2) is 6.29. The van der Waals surface area contributed by atoms with Gasteiger partial charge < -0.3 is 0 Å². The Bertz CT molecular complexity index is 645. The number of hydrogen-bond acceptors (Lipinski definition) is 5. The second-order valence-corrected chi connectivity index (χ2v) is 5.77. The normalized spacial score (nSPS) is 23.4. The number of urea groups is 1. The predicted molar refractivity (Wildman–Crippen MR) is 84.5 cm³/mol. The first-order valence-electron chi connectivity index (χ1n) is 7.66. The summed E-state index contributed by atoms with van der Waals surface area (Å²) < 4.78 is 0. The molecule has 0 aromatic heterocycles. The lowest BCUT2D eigenvalue weighted by atomic mass is 9.81. The van der Waals surface area contributed by atoms with E-state index in [1.165, 1.54) is 0 Å². The number of nitrogens with two attached hydrogens (primary N) is 1. The van der Waals surface area contributed by atoms with Crippen molar-refractivity contribution in [1.29, 1.82) is 0 Å². The first kappa shape index (κ1) is 15.4. The van der Waals surface area contributed by atoms with Crippen molar-refractivity contribution in [3.63, 3.8) is 0 Å². The molecule has 0 spiro atoms. The zero-order valence-electron chi connectivity index (χ0n) is 12.6. The average Bonchev–Trinajstić information content (AvgIpc) is 2.84. The molecule has 7 nitrogen and oxygen atoms in total. The highest BCUT2D eigenvalue weighted by atomic mass is 16.2. The molecule has 3 N–H and O–H groups in total. The Kier molecular flexibility index (Phi) is 4.20. The summed E-state index contributed by atoms with van der Waals surface area (Å²) in [5, 5.41) is 5.02. The highest BCUT2D eigenvalue weighted by Crippen LogP contribution is 2.37. The second-order valence-electron chi connectivity index (χ2n) is 5.77. The number of hydrogen-bond donors (Lipinski definition) is 2. The van der Waals surface area contributed by atoms with Crippen LogP contribution >= 0.6 is 0 Å². The molecular weight excluding hydrogens is 296 g/mol. The van der Waals surface area contributed by atoms with E-state index in [2.05, 4.69) is 5.10 Å². The molecule has 120 valence electrons. The summed E-state index contributed by atoms with van der Waals surface area (Å²) in [4.78, 5) is 37.0. The largest absolute Gasteiger partial charge is 0.356 e.